The van der Waals surface area contributed by atoms with Gasteiger partial charge in [-0.1, -0.05) is 41.0 Å². The van der Waals surface area contributed by atoms with Crippen LogP contribution >= 0.6 is 0 Å². The van der Waals surface area contributed by atoms with Gasteiger partial charge in [-0.3, -0.25) is 0 Å². The predicted molar refractivity (Wildman–Crippen MR) is 62.9 cm³/mol. The van der Waals surface area contributed by atoms with Crippen molar-refractivity contribution in [3.63, 3.8) is 0 Å². The Hall–Kier alpha value is 0.177. The van der Waals surface area contributed by atoms with Gasteiger partial charge in [-0.2, -0.15) is 0 Å². The minimum absolute atomic E-state index is 0.413. The van der Waals surface area contributed by atoms with E-state index in [2.05, 4.69) is 34.6 Å². The molecule has 0 aromatic rings. The lowest BCUT2D eigenvalue weighted by Crippen LogP contribution is -2.37. The smallest absolute Gasteiger partial charge is 0.145 e. The predicted octanol–water partition coefficient (Wildman–Crippen LogP) is 2.38. The van der Waals surface area contributed by atoms with Crippen LogP contribution < -0.4 is 0 Å². The van der Waals surface area contributed by atoms with Crippen molar-refractivity contribution in [3.05, 3.63) is 0 Å². The largest absolute Gasteiger partial charge is 0.427 e. The first-order valence-corrected chi connectivity index (χ1v) is 6.31. The van der Waals surface area contributed by atoms with Crippen molar-refractivity contribution >= 4 is 10.5 Å². The topological polar surface area (TPSA) is 9.23 Å². The Kier molecular flexibility index (Phi) is 5.89. The van der Waals surface area contributed by atoms with Crippen LogP contribution in [0.25, 0.3) is 0 Å². The summed E-state index contributed by atoms with van der Waals surface area (Å²) in [4.78, 5) is 0. The summed E-state index contributed by atoms with van der Waals surface area (Å²) in [6.07, 6.45) is 2.56. The molecule has 0 unspecified atom stereocenters. The molecule has 0 amide bonds. The molecule has 0 N–H and O–H groups in total. The highest BCUT2D eigenvalue weighted by Crippen LogP contribution is 2.40. The highest BCUT2D eigenvalue weighted by atomic mass is 28.2. The van der Waals surface area contributed by atoms with Gasteiger partial charge in [-0.15, -0.1) is 0 Å². The minimum atomic E-state index is 0.413. The Balaban J connectivity index is 4.59. The maximum absolute atomic E-state index is 5.52. The molecular formula is C11H26OSi. The zero-order chi connectivity index (χ0) is 10.5. The van der Waals surface area contributed by atoms with Crippen molar-refractivity contribution in [2.24, 2.45) is 17.3 Å². The molecule has 13 heavy (non-hydrogen) atoms. The lowest BCUT2D eigenvalue weighted by atomic mass is 9.67. The fraction of sp³-hybridized carbons (Fsp3) is 1.00. The first-order chi connectivity index (χ1) is 6.01. The molecule has 2 heteroatoms. The van der Waals surface area contributed by atoms with Crippen LogP contribution in [-0.4, -0.2) is 17.1 Å². The number of hydrogen-bond acceptors (Lipinski definition) is 1. The summed E-state index contributed by atoms with van der Waals surface area (Å²) in [5.41, 5.74) is 0.413. The first kappa shape index (κ1) is 13.2. The molecule has 0 aromatic carbocycles. The molecule has 0 bridgehead atoms. The second-order valence-corrected chi connectivity index (χ2v) is 5.30. The Morgan fingerprint density at radius 1 is 1.15 bits per heavy atom. The zero-order valence-electron chi connectivity index (χ0n) is 10.2. The van der Waals surface area contributed by atoms with E-state index in [1.807, 2.05) is 0 Å². The second-order valence-electron chi connectivity index (χ2n) is 4.73. The third kappa shape index (κ3) is 3.10. The lowest BCUT2D eigenvalue weighted by Gasteiger charge is -2.41. The molecular weight excluding hydrogens is 176 g/mol. The third-order valence-electron chi connectivity index (χ3n) is 3.43. The van der Waals surface area contributed by atoms with Crippen molar-refractivity contribution in [1.29, 1.82) is 0 Å². The molecule has 0 saturated carbocycles. The van der Waals surface area contributed by atoms with E-state index in [1.54, 1.807) is 0 Å². The summed E-state index contributed by atoms with van der Waals surface area (Å²) in [7, 11) is 0.869. The van der Waals surface area contributed by atoms with E-state index in [-0.39, 0.29) is 0 Å². The standard InChI is InChI=1S/C11H26OSi/c1-6-7-11(8-12-13,9(2)3)10(4)5/h9-10H,6-8H2,1-5,13H3. The van der Waals surface area contributed by atoms with Crippen LogP contribution in [0.5, 0.6) is 0 Å². The average Bonchev–Trinajstić information content (AvgIpc) is 2.03. The fourth-order valence-electron chi connectivity index (χ4n) is 2.38. The van der Waals surface area contributed by atoms with Gasteiger partial charge in [0.2, 0.25) is 0 Å². The normalized spacial score (nSPS) is 13.2. The van der Waals surface area contributed by atoms with E-state index in [0.29, 0.717) is 5.41 Å². The van der Waals surface area contributed by atoms with Gasteiger partial charge in [0.25, 0.3) is 0 Å². The van der Waals surface area contributed by atoms with E-state index < -0.39 is 0 Å². The van der Waals surface area contributed by atoms with Gasteiger partial charge in [0.05, 0.1) is 0 Å². The second kappa shape index (κ2) is 5.81. The lowest BCUT2D eigenvalue weighted by molar-refractivity contribution is 0.0361. The van der Waals surface area contributed by atoms with E-state index in [9.17, 15) is 0 Å². The maximum Gasteiger partial charge on any atom is 0.145 e. The van der Waals surface area contributed by atoms with Gasteiger partial charge in [0.1, 0.15) is 10.5 Å². The fourth-order valence-corrected chi connectivity index (χ4v) is 2.92. The molecule has 0 spiro atoms. The van der Waals surface area contributed by atoms with Gasteiger partial charge in [0.15, 0.2) is 0 Å². The van der Waals surface area contributed by atoms with Crippen molar-refractivity contribution in [2.75, 3.05) is 6.61 Å². The van der Waals surface area contributed by atoms with Crippen LogP contribution in [0, 0.1) is 17.3 Å². The van der Waals surface area contributed by atoms with Crippen LogP contribution in [-0.2, 0) is 4.43 Å². The van der Waals surface area contributed by atoms with E-state index in [0.717, 1.165) is 28.9 Å². The average molecular weight is 202 g/mol. The van der Waals surface area contributed by atoms with Crippen LogP contribution in [0.1, 0.15) is 47.5 Å². The van der Waals surface area contributed by atoms with Gasteiger partial charge >= 0.3 is 0 Å². The molecule has 0 aliphatic heterocycles. The van der Waals surface area contributed by atoms with Crippen LogP contribution in [0.4, 0.5) is 0 Å². The monoisotopic (exact) mass is 202 g/mol. The zero-order valence-corrected chi connectivity index (χ0v) is 12.2. The molecule has 0 heterocycles. The highest BCUT2D eigenvalue weighted by Gasteiger charge is 2.35. The van der Waals surface area contributed by atoms with Crippen LogP contribution in [0.3, 0.4) is 0 Å². The third-order valence-corrected chi connectivity index (χ3v) is 3.72. The maximum atomic E-state index is 5.52. The first-order valence-electron chi connectivity index (χ1n) is 5.50. The van der Waals surface area contributed by atoms with Gasteiger partial charge < -0.3 is 4.43 Å². The minimum Gasteiger partial charge on any atom is -0.427 e. The van der Waals surface area contributed by atoms with Crippen molar-refractivity contribution in [1.82, 2.24) is 0 Å². The van der Waals surface area contributed by atoms with Crippen molar-refractivity contribution in [2.45, 2.75) is 47.5 Å². The summed E-state index contributed by atoms with van der Waals surface area (Å²) in [6.45, 7) is 12.5. The Labute approximate surface area is 86.8 Å². The molecule has 0 fully saturated rings. The molecule has 0 rings (SSSR count). The summed E-state index contributed by atoms with van der Waals surface area (Å²) in [5.74, 6) is 1.45. The van der Waals surface area contributed by atoms with E-state index >= 15 is 0 Å². The molecule has 1 nitrogen and oxygen atoms in total. The molecule has 0 saturated heterocycles. The van der Waals surface area contributed by atoms with E-state index in [4.69, 9.17) is 4.43 Å². The Morgan fingerprint density at radius 2 is 1.62 bits per heavy atom. The Morgan fingerprint density at radius 3 is 1.85 bits per heavy atom. The summed E-state index contributed by atoms with van der Waals surface area (Å²) in [5, 5.41) is 0. The van der Waals surface area contributed by atoms with Crippen LogP contribution in [0.2, 0.25) is 0 Å². The van der Waals surface area contributed by atoms with Crippen LogP contribution in [0.15, 0.2) is 0 Å². The van der Waals surface area contributed by atoms with Gasteiger partial charge in [-0.25, -0.2) is 0 Å². The van der Waals surface area contributed by atoms with E-state index in [1.165, 1.54) is 12.8 Å². The molecule has 0 radical (unpaired) electrons. The molecule has 0 atom stereocenters. The molecule has 80 valence electrons. The molecule has 0 aliphatic carbocycles. The van der Waals surface area contributed by atoms with Gasteiger partial charge in [-0.05, 0) is 23.7 Å². The molecule has 0 aromatic heterocycles. The number of rotatable bonds is 6. The summed E-state index contributed by atoms with van der Waals surface area (Å²) >= 11 is 0. The van der Waals surface area contributed by atoms with Gasteiger partial charge in [0, 0.05) is 6.61 Å². The number of hydrogen-bond donors (Lipinski definition) is 0. The van der Waals surface area contributed by atoms with Crippen molar-refractivity contribution < 1.29 is 4.43 Å². The highest BCUT2D eigenvalue weighted by molar-refractivity contribution is 5.97. The molecule has 0 aliphatic rings. The van der Waals surface area contributed by atoms with Crippen molar-refractivity contribution in [3.8, 4) is 0 Å². The summed E-state index contributed by atoms with van der Waals surface area (Å²) < 4.78 is 5.52. The summed E-state index contributed by atoms with van der Waals surface area (Å²) in [6, 6.07) is 0. The SMILES string of the molecule is CCCC(CO[SiH3])(C(C)C)C(C)C. The Bertz CT molecular complexity index is 116. The quantitative estimate of drug-likeness (QED) is 0.601.